The molecule has 0 aliphatic carbocycles. The summed E-state index contributed by atoms with van der Waals surface area (Å²) in [6.45, 7) is 1.59. The number of benzene rings is 2. The first kappa shape index (κ1) is 22.0. The summed E-state index contributed by atoms with van der Waals surface area (Å²) in [5.74, 6) is 1.18. The van der Waals surface area contributed by atoms with Crippen LogP contribution in [0.2, 0.25) is 0 Å². The Morgan fingerprint density at radius 1 is 1.09 bits per heavy atom. The Kier molecular flexibility index (Phi) is 7.17. The molecule has 6 nitrogen and oxygen atoms in total. The van der Waals surface area contributed by atoms with Crippen LogP contribution in [0.1, 0.15) is 34.5 Å². The standard InChI is InChI=1S/C25H27N3O3S/c1-31-22-9-7-20(8-10-22)24(30)27-25-26-21(17-32-25)16-23(29)28-13-11-19(12-14-28)15-18-5-3-2-4-6-18/h2-10,17,19H,11-16H2,1H3,(H,26,27,30). The van der Waals surface area contributed by atoms with Gasteiger partial charge in [-0.05, 0) is 55.0 Å². The van der Waals surface area contributed by atoms with Crippen molar-refractivity contribution in [2.24, 2.45) is 5.92 Å². The van der Waals surface area contributed by atoms with Crippen molar-refractivity contribution < 1.29 is 14.3 Å². The molecule has 0 unspecified atom stereocenters. The largest absolute Gasteiger partial charge is 0.497 e. The highest BCUT2D eigenvalue weighted by atomic mass is 32.1. The van der Waals surface area contributed by atoms with Crippen LogP contribution in [0.15, 0.2) is 60.0 Å². The minimum Gasteiger partial charge on any atom is -0.497 e. The lowest BCUT2D eigenvalue weighted by Gasteiger charge is -2.32. The second kappa shape index (κ2) is 10.4. The third-order valence-corrected chi connectivity index (χ3v) is 6.60. The summed E-state index contributed by atoms with van der Waals surface area (Å²) in [6.07, 6.45) is 3.40. The van der Waals surface area contributed by atoms with Gasteiger partial charge in [0.1, 0.15) is 5.75 Å². The molecule has 1 saturated heterocycles. The van der Waals surface area contributed by atoms with E-state index in [9.17, 15) is 9.59 Å². The number of carbonyl (C=O) groups is 2. The third-order valence-electron chi connectivity index (χ3n) is 5.79. The van der Waals surface area contributed by atoms with Crippen molar-refractivity contribution in [1.29, 1.82) is 0 Å². The minimum atomic E-state index is -0.236. The quantitative estimate of drug-likeness (QED) is 0.579. The molecule has 0 atom stereocenters. The predicted octanol–water partition coefficient (Wildman–Crippen LogP) is 4.43. The van der Waals surface area contributed by atoms with E-state index in [0.717, 1.165) is 32.4 Å². The number of aromatic nitrogens is 1. The molecule has 1 aliphatic heterocycles. The fourth-order valence-corrected chi connectivity index (χ4v) is 4.66. The van der Waals surface area contributed by atoms with Crippen LogP contribution in [0.25, 0.3) is 0 Å². The molecule has 0 radical (unpaired) electrons. The third kappa shape index (κ3) is 5.73. The number of hydrogen-bond acceptors (Lipinski definition) is 5. The van der Waals surface area contributed by atoms with Crippen LogP contribution in [0.3, 0.4) is 0 Å². The molecule has 7 heteroatoms. The normalized spacial score (nSPS) is 14.2. The molecule has 1 aliphatic rings. The number of likely N-dealkylation sites (tertiary alicyclic amines) is 1. The lowest BCUT2D eigenvalue weighted by Crippen LogP contribution is -2.39. The molecule has 0 bridgehead atoms. The molecule has 3 aromatic rings. The summed E-state index contributed by atoms with van der Waals surface area (Å²) in [6, 6.07) is 17.4. The van der Waals surface area contributed by atoms with Crippen molar-refractivity contribution in [3.63, 3.8) is 0 Å². The Labute approximate surface area is 192 Å². The number of nitrogens with one attached hydrogen (secondary N) is 1. The van der Waals surface area contributed by atoms with Crippen molar-refractivity contribution in [3.8, 4) is 5.75 Å². The summed E-state index contributed by atoms with van der Waals surface area (Å²) < 4.78 is 5.11. The molecule has 0 saturated carbocycles. The van der Waals surface area contributed by atoms with Crippen LogP contribution < -0.4 is 10.1 Å². The van der Waals surface area contributed by atoms with Crippen molar-refractivity contribution in [1.82, 2.24) is 9.88 Å². The van der Waals surface area contributed by atoms with Gasteiger partial charge in [0.15, 0.2) is 5.13 Å². The predicted molar refractivity (Wildman–Crippen MR) is 126 cm³/mol. The summed E-state index contributed by atoms with van der Waals surface area (Å²) in [5.41, 5.74) is 2.58. The summed E-state index contributed by atoms with van der Waals surface area (Å²) in [5, 5.41) is 5.13. The van der Waals surface area contributed by atoms with E-state index in [4.69, 9.17) is 4.74 Å². The van der Waals surface area contributed by atoms with Gasteiger partial charge in [0, 0.05) is 24.0 Å². The van der Waals surface area contributed by atoms with E-state index in [2.05, 4.69) is 34.6 Å². The Hall–Kier alpha value is -3.19. The molecule has 2 aromatic carbocycles. The van der Waals surface area contributed by atoms with Gasteiger partial charge < -0.3 is 9.64 Å². The van der Waals surface area contributed by atoms with Gasteiger partial charge in [-0.2, -0.15) is 0 Å². The highest BCUT2D eigenvalue weighted by molar-refractivity contribution is 7.14. The zero-order chi connectivity index (χ0) is 22.3. The fraction of sp³-hybridized carbons (Fsp3) is 0.320. The first-order valence-electron chi connectivity index (χ1n) is 10.8. The molecular weight excluding hydrogens is 422 g/mol. The fourth-order valence-electron chi connectivity index (χ4n) is 3.96. The number of piperidine rings is 1. The van der Waals surface area contributed by atoms with Crippen molar-refractivity contribution in [2.75, 3.05) is 25.5 Å². The zero-order valence-electron chi connectivity index (χ0n) is 18.1. The lowest BCUT2D eigenvalue weighted by atomic mass is 9.90. The van der Waals surface area contributed by atoms with Crippen molar-refractivity contribution >= 4 is 28.3 Å². The highest BCUT2D eigenvalue weighted by Gasteiger charge is 2.23. The van der Waals surface area contributed by atoms with Gasteiger partial charge in [-0.1, -0.05) is 30.3 Å². The monoisotopic (exact) mass is 449 g/mol. The van der Waals surface area contributed by atoms with Gasteiger partial charge in [0.25, 0.3) is 5.91 Å². The lowest BCUT2D eigenvalue weighted by molar-refractivity contribution is -0.131. The average molecular weight is 450 g/mol. The van der Waals surface area contributed by atoms with E-state index in [0.29, 0.717) is 28.1 Å². The number of ether oxygens (including phenoxy) is 1. The van der Waals surface area contributed by atoms with E-state index >= 15 is 0 Å². The number of amides is 2. The van der Waals surface area contributed by atoms with Gasteiger partial charge in [0.2, 0.25) is 5.91 Å². The van der Waals surface area contributed by atoms with Crippen molar-refractivity contribution in [3.05, 3.63) is 76.8 Å². The Morgan fingerprint density at radius 2 is 1.81 bits per heavy atom. The van der Waals surface area contributed by atoms with Crippen LogP contribution in [0.5, 0.6) is 5.75 Å². The number of rotatable bonds is 7. The van der Waals surface area contributed by atoms with E-state index in [1.54, 1.807) is 31.4 Å². The second-order valence-electron chi connectivity index (χ2n) is 8.02. The second-order valence-corrected chi connectivity index (χ2v) is 8.88. The van der Waals surface area contributed by atoms with Crippen LogP contribution in [0, 0.1) is 5.92 Å². The van der Waals surface area contributed by atoms with Crippen LogP contribution >= 0.6 is 11.3 Å². The zero-order valence-corrected chi connectivity index (χ0v) is 18.9. The minimum absolute atomic E-state index is 0.0986. The first-order valence-corrected chi connectivity index (χ1v) is 11.7. The molecule has 1 N–H and O–H groups in total. The smallest absolute Gasteiger partial charge is 0.257 e. The SMILES string of the molecule is COc1ccc(C(=O)Nc2nc(CC(=O)N3CCC(Cc4ccccc4)CC3)cs2)cc1. The molecule has 2 amide bonds. The Morgan fingerprint density at radius 3 is 2.50 bits per heavy atom. The van der Waals surface area contributed by atoms with Gasteiger partial charge in [-0.25, -0.2) is 4.98 Å². The van der Waals surface area contributed by atoms with Crippen molar-refractivity contribution in [2.45, 2.75) is 25.7 Å². The molecule has 4 rings (SSSR count). The summed E-state index contributed by atoms with van der Waals surface area (Å²) in [7, 11) is 1.58. The Balaban J connectivity index is 1.25. The molecular formula is C25H27N3O3S. The molecule has 2 heterocycles. The number of anilines is 1. The highest BCUT2D eigenvalue weighted by Crippen LogP contribution is 2.23. The van der Waals surface area contributed by atoms with Gasteiger partial charge in [0.05, 0.1) is 19.2 Å². The molecule has 166 valence electrons. The van der Waals surface area contributed by atoms with Crippen LogP contribution in [0.4, 0.5) is 5.13 Å². The Bertz CT molecular complexity index is 1040. The topological polar surface area (TPSA) is 71.5 Å². The van der Waals surface area contributed by atoms with E-state index in [1.165, 1.54) is 16.9 Å². The summed E-state index contributed by atoms with van der Waals surface area (Å²) >= 11 is 1.33. The molecule has 1 fully saturated rings. The number of methoxy groups -OCH3 is 1. The summed E-state index contributed by atoms with van der Waals surface area (Å²) in [4.78, 5) is 31.5. The molecule has 32 heavy (non-hydrogen) atoms. The van der Waals surface area contributed by atoms with E-state index < -0.39 is 0 Å². The maximum Gasteiger partial charge on any atom is 0.257 e. The maximum absolute atomic E-state index is 12.7. The van der Waals surface area contributed by atoms with Crippen LogP contribution in [-0.2, 0) is 17.6 Å². The van der Waals surface area contributed by atoms with E-state index in [-0.39, 0.29) is 18.2 Å². The average Bonchev–Trinajstić information content (AvgIpc) is 3.26. The van der Waals surface area contributed by atoms with E-state index in [1.807, 2.05) is 16.3 Å². The number of nitrogens with zero attached hydrogens (tertiary/aromatic N) is 2. The molecule has 1 aromatic heterocycles. The first-order chi connectivity index (χ1) is 15.6. The molecule has 0 spiro atoms. The van der Waals surface area contributed by atoms with Gasteiger partial charge in [-0.3, -0.25) is 14.9 Å². The van der Waals surface area contributed by atoms with Gasteiger partial charge in [-0.15, -0.1) is 11.3 Å². The number of thiazole rings is 1. The number of hydrogen-bond donors (Lipinski definition) is 1. The van der Waals surface area contributed by atoms with Gasteiger partial charge >= 0.3 is 0 Å². The van der Waals surface area contributed by atoms with Crippen LogP contribution in [-0.4, -0.2) is 41.9 Å². The number of carbonyl (C=O) groups excluding carboxylic acids is 2. The maximum atomic E-state index is 12.7.